The minimum atomic E-state index is -0.0383. The molecular weight excluding hydrogens is 254 g/mol. The van der Waals surface area contributed by atoms with E-state index in [-0.39, 0.29) is 11.9 Å². The van der Waals surface area contributed by atoms with Crippen LogP contribution in [0.3, 0.4) is 0 Å². The molecule has 1 N–H and O–H groups in total. The molecule has 2 aromatic rings. The maximum absolute atomic E-state index is 12.0. The van der Waals surface area contributed by atoms with Gasteiger partial charge in [-0.3, -0.25) is 14.2 Å². The van der Waals surface area contributed by atoms with Crippen LogP contribution in [0.15, 0.2) is 24.5 Å². The van der Waals surface area contributed by atoms with Crippen molar-refractivity contribution in [3.63, 3.8) is 0 Å². The summed E-state index contributed by atoms with van der Waals surface area (Å²) in [7, 11) is 0. The number of nitrogens with zero attached hydrogens (tertiary/aromatic N) is 4. The van der Waals surface area contributed by atoms with Gasteiger partial charge < -0.3 is 5.32 Å². The lowest BCUT2D eigenvalue weighted by molar-refractivity contribution is -0.122. The highest BCUT2D eigenvalue weighted by Gasteiger charge is 2.13. The first kappa shape index (κ1) is 14.3. The Balaban J connectivity index is 1.87. The minimum absolute atomic E-state index is 0.0243. The highest BCUT2D eigenvalue weighted by atomic mass is 16.1. The highest BCUT2D eigenvalue weighted by Crippen LogP contribution is 2.11. The fourth-order valence-electron chi connectivity index (χ4n) is 2.20. The summed E-state index contributed by atoms with van der Waals surface area (Å²) in [6, 6.07) is 3.83. The van der Waals surface area contributed by atoms with Gasteiger partial charge in [0.25, 0.3) is 0 Å². The van der Waals surface area contributed by atoms with Crippen molar-refractivity contribution in [1.82, 2.24) is 24.9 Å². The van der Waals surface area contributed by atoms with Crippen LogP contribution in [0.25, 0.3) is 0 Å². The van der Waals surface area contributed by atoms with Crippen LogP contribution in [0.2, 0.25) is 0 Å². The van der Waals surface area contributed by atoms with Gasteiger partial charge in [0, 0.05) is 37.6 Å². The topological polar surface area (TPSA) is 64.7 Å². The van der Waals surface area contributed by atoms with Gasteiger partial charge in [-0.2, -0.15) is 10.2 Å². The molecule has 1 atom stereocenters. The molecular formula is C14H21N5O. The maximum atomic E-state index is 12.0. The zero-order valence-corrected chi connectivity index (χ0v) is 12.2. The Morgan fingerprint density at radius 2 is 2.00 bits per heavy atom. The van der Waals surface area contributed by atoms with Gasteiger partial charge in [-0.05, 0) is 32.9 Å². The molecule has 0 aromatic carbocycles. The Bertz CT molecular complexity index is 572. The van der Waals surface area contributed by atoms with Gasteiger partial charge in [0.05, 0.1) is 11.7 Å². The van der Waals surface area contributed by atoms with Gasteiger partial charge in [0.15, 0.2) is 0 Å². The monoisotopic (exact) mass is 275 g/mol. The highest BCUT2D eigenvalue weighted by molar-refractivity contribution is 5.76. The summed E-state index contributed by atoms with van der Waals surface area (Å²) in [5.74, 6) is 0.0243. The molecule has 0 aliphatic carbocycles. The molecule has 6 nitrogen and oxygen atoms in total. The summed E-state index contributed by atoms with van der Waals surface area (Å²) < 4.78 is 3.73. The number of carbonyl (C=O) groups excluding carboxylic acids is 1. The molecule has 0 radical (unpaired) electrons. The number of hydrogen-bond acceptors (Lipinski definition) is 3. The van der Waals surface area contributed by atoms with Gasteiger partial charge in [-0.1, -0.05) is 0 Å². The standard InChI is InChI=1S/C14H21N5O/c1-4-18-13(6-9-15-18)12(3)17-14(20)7-10-19-11(2)5-8-16-19/h5-6,8-9,12H,4,7,10H2,1-3H3,(H,17,20). The molecule has 1 unspecified atom stereocenters. The lowest BCUT2D eigenvalue weighted by Crippen LogP contribution is -2.29. The van der Waals surface area contributed by atoms with E-state index >= 15 is 0 Å². The Morgan fingerprint density at radius 3 is 2.65 bits per heavy atom. The van der Waals surface area contributed by atoms with Crippen molar-refractivity contribution < 1.29 is 4.79 Å². The van der Waals surface area contributed by atoms with Crippen molar-refractivity contribution >= 4 is 5.91 Å². The number of hydrogen-bond donors (Lipinski definition) is 1. The molecule has 0 bridgehead atoms. The number of aromatic nitrogens is 4. The van der Waals surface area contributed by atoms with E-state index in [1.165, 1.54) is 0 Å². The second-order valence-electron chi connectivity index (χ2n) is 4.81. The van der Waals surface area contributed by atoms with E-state index in [1.807, 2.05) is 42.3 Å². The van der Waals surface area contributed by atoms with Crippen molar-refractivity contribution in [1.29, 1.82) is 0 Å². The summed E-state index contributed by atoms with van der Waals surface area (Å²) >= 11 is 0. The number of carbonyl (C=O) groups is 1. The van der Waals surface area contributed by atoms with Crippen molar-refractivity contribution in [2.75, 3.05) is 0 Å². The van der Waals surface area contributed by atoms with Crippen molar-refractivity contribution in [3.05, 3.63) is 35.9 Å². The van der Waals surface area contributed by atoms with Crippen molar-refractivity contribution in [2.45, 2.75) is 46.3 Å². The molecule has 0 saturated carbocycles. The van der Waals surface area contributed by atoms with E-state index in [4.69, 9.17) is 0 Å². The normalized spacial score (nSPS) is 12.3. The third-order valence-electron chi connectivity index (χ3n) is 3.35. The van der Waals surface area contributed by atoms with Crippen LogP contribution in [-0.2, 0) is 17.9 Å². The quantitative estimate of drug-likeness (QED) is 0.872. The molecule has 0 spiro atoms. The second kappa shape index (κ2) is 6.36. The molecule has 108 valence electrons. The van der Waals surface area contributed by atoms with Crippen LogP contribution < -0.4 is 5.32 Å². The summed E-state index contributed by atoms with van der Waals surface area (Å²) in [4.78, 5) is 12.0. The fraction of sp³-hybridized carbons (Fsp3) is 0.500. The van der Waals surface area contributed by atoms with E-state index in [9.17, 15) is 4.79 Å². The summed E-state index contributed by atoms with van der Waals surface area (Å²) in [6.45, 7) is 7.39. The van der Waals surface area contributed by atoms with E-state index in [1.54, 1.807) is 12.4 Å². The van der Waals surface area contributed by atoms with Crippen LogP contribution in [-0.4, -0.2) is 25.5 Å². The Hall–Kier alpha value is -2.11. The maximum Gasteiger partial charge on any atom is 0.222 e. The Kier molecular flexibility index (Phi) is 4.55. The number of rotatable bonds is 6. The zero-order chi connectivity index (χ0) is 14.5. The Labute approximate surface area is 118 Å². The van der Waals surface area contributed by atoms with Crippen molar-refractivity contribution in [3.8, 4) is 0 Å². The first-order valence-electron chi connectivity index (χ1n) is 6.91. The van der Waals surface area contributed by atoms with E-state index in [0.29, 0.717) is 13.0 Å². The zero-order valence-electron chi connectivity index (χ0n) is 12.2. The van der Waals surface area contributed by atoms with Crippen LogP contribution in [0.5, 0.6) is 0 Å². The van der Waals surface area contributed by atoms with E-state index < -0.39 is 0 Å². The number of nitrogens with one attached hydrogen (secondary N) is 1. The molecule has 2 rings (SSSR count). The van der Waals surface area contributed by atoms with E-state index in [2.05, 4.69) is 15.5 Å². The predicted octanol–water partition coefficient (Wildman–Crippen LogP) is 1.68. The molecule has 0 saturated heterocycles. The van der Waals surface area contributed by atoms with Gasteiger partial charge >= 0.3 is 0 Å². The smallest absolute Gasteiger partial charge is 0.222 e. The summed E-state index contributed by atoms with van der Waals surface area (Å²) in [5, 5.41) is 11.4. The molecule has 0 fully saturated rings. The summed E-state index contributed by atoms with van der Waals surface area (Å²) in [6.07, 6.45) is 3.93. The molecule has 6 heteroatoms. The number of aryl methyl sites for hydroxylation is 3. The molecule has 2 heterocycles. The Morgan fingerprint density at radius 1 is 1.30 bits per heavy atom. The summed E-state index contributed by atoms with van der Waals surface area (Å²) in [5.41, 5.74) is 2.09. The first-order valence-corrected chi connectivity index (χ1v) is 6.91. The van der Waals surface area contributed by atoms with Crippen molar-refractivity contribution in [2.24, 2.45) is 0 Å². The molecule has 20 heavy (non-hydrogen) atoms. The SMILES string of the molecule is CCn1nccc1C(C)NC(=O)CCn1nccc1C. The lowest BCUT2D eigenvalue weighted by atomic mass is 10.2. The predicted molar refractivity (Wildman–Crippen MR) is 76.0 cm³/mol. The van der Waals surface area contributed by atoms with Crippen LogP contribution in [0, 0.1) is 6.92 Å². The van der Waals surface area contributed by atoms with Crippen LogP contribution in [0.4, 0.5) is 0 Å². The molecule has 0 aliphatic rings. The average molecular weight is 275 g/mol. The average Bonchev–Trinajstić information content (AvgIpc) is 3.04. The van der Waals surface area contributed by atoms with Gasteiger partial charge in [0.2, 0.25) is 5.91 Å². The van der Waals surface area contributed by atoms with E-state index in [0.717, 1.165) is 17.9 Å². The first-order chi connectivity index (χ1) is 9.61. The van der Waals surface area contributed by atoms with Crippen LogP contribution in [0.1, 0.15) is 37.7 Å². The largest absolute Gasteiger partial charge is 0.348 e. The fourth-order valence-corrected chi connectivity index (χ4v) is 2.20. The van der Waals surface area contributed by atoms with Gasteiger partial charge in [-0.25, -0.2) is 0 Å². The molecule has 0 aliphatic heterocycles. The number of amides is 1. The minimum Gasteiger partial charge on any atom is -0.348 e. The molecule has 1 amide bonds. The van der Waals surface area contributed by atoms with Crippen LogP contribution >= 0.6 is 0 Å². The van der Waals surface area contributed by atoms with Gasteiger partial charge in [-0.15, -0.1) is 0 Å². The third-order valence-corrected chi connectivity index (χ3v) is 3.35. The lowest BCUT2D eigenvalue weighted by Gasteiger charge is -2.15. The molecule has 2 aromatic heterocycles. The second-order valence-corrected chi connectivity index (χ2v) is 4.81. The van der Waals surface area contributed by atoms with Gasteiger partial charge in [0.1, 0.15) is 0 Å². The third kappa shape index (κ3) is 3.26.